The van der Waals surface area contributed by atoms with Crippen LogP contribution in [0.4, 0.5) is 19.3 Å². The van der Waals surface area contributed by atoms with E-state index < -0.39 is 51.7 Å². The molecule has 5 rings (SSSR count). The lowest BCUT2D eigenvalue weighted by Gasteiger charge is -2.35. The fourth-order valence-electron chi connectivity index (χ4n) is 6.95. The molecule has 14 heteroatoms. The maximum atomic E-state index is 15.5. The summed E-state index contributed by atoms with van der Waals surface area (Å²) in [5.74, 6) is -2.10. The van der Waals surface area contributed by atoms with Crippen molar-refractivity contribution in [3.8, 4) is 0 Å². The molecule has 2 heterocycles. The summed E-state index contributed by atoms with van der Waals surface area (Å²) >= 11 is 6.00. The molecule has 2 fully saturated rings. The Balaban J connectivity index is 1.38. The summed E-state index contributed by atoms with van der Waals surface area (Å²) in [6.07, 6.45) is 3.37. The number of benzene rings is 3. The summed E-state index contributed by atoms with van der Waals surface area (Å²) in [7, 11) is -2.62. The fourth-order valence-corrected chi connectivity index (χ4v) is 8.74. The van der Waals surface area contributed by atoms with Crippen molar-refractivity contribution in [1.29, 1.82) is 0 Å². The number of carbonyl (C=O) groups excluding carboxylic acids is 2. The molecule has 0 saturated carbocycles. The number of anilines is 1. The predicted molar refractivity (Wildman–Crippen MR) is 191 cm³/mol. The normalized spacial score (nSPS) is 18.5. The van der Waals surface area contributed by atoms with Gasteiger partial charge < -0.3 is 25.4 Å². The molecule has 0 aliphatic carbocycles. The third-order valence-corrected chi connectivity index (χ3v) is 12.0. The van der Waals surface area contributed by atoms with Gasteiger partial charge >= 0.3 is 6.09 Å². The first-order valence-electron chi connectivity index (χ1n) is 17.3. The summed E-state index contributed by atoms with van der Waals surface area (Å²) in [6, 6.07) is 15.1. The number of hydrogen-bond acceptors (Lipinski definition) is 7. The van der Waals surface area contributed by atoms with Gasteiger partial charge in [0, 0.05) is 56.1 Å². The largest absolute Gasteiger partial charge is 0.453 e. The molecule has 3 N–H and O–H groups in total. The highest BCUT2D eigenvalue weighted by molar-refractivity contribution is 7.89. The topological polar surface area (TPSA) is 126 Å². The molecule has 2 aliphatic heterocycles. The monoisotopic (exact) mass is 746 g/mol. The van der Waals surface area contributed by atoms with E-state index in [2.05, 4.69) is 16.0 Å². The number of piperazine rings is 1. The van der Waals surface area contributed by atoms with Crippen LogP contribution in [-0.4, -0.2) is 76.8 Å². The second kappa shape index (κ2) is 18.2. The van der Waals surface area contributed by atoms with Crippen molar-refractivity contribution in [1.82, 2.24) is 14.9 Å². The molecule has 0 spiro atoms. The van der Waals surface area contributed by atoms with Gasteiger partial charge in [-0.25, -0.2) is 22.0 Å². The van der Waals surface area contributed by atoms with Crippen LogP contribution in [0.3, 0.4) is 0 Å². The van der Waals surface area contributed by atoms with E-state index in [1.165, 1.54) is 35.7 Å². The van der Waals surface area contributed by atoms with Crippen LogP contribution >= 0.6 is 11.6 Å². The zero-order valence-corrected chi connectivity index (χ0v) is 30.2. The average molecular weight is 747 g/mol. The van der Waals surface area contributed by atoms with Crippen molar-refractivity contribution in [2.75, 3.05) is 45.3 Å². The minimum Gasteiger partial charge on any atom is -0.453 e. The smallest absolute Gasteiger partial charge is 0.407 e. The van der Waals surface area contributed by atoms with E-state index in [-0.39, 0.29) is 40.6 Å². The maximum Gasteiger partial charge on any atom is 0.407 e. The van der Waals surface area contributed by atoms with E-state index in [0.717, 1.165) is 19.3 Å². The van der Waals surface area contributed by atoms with Gasteiger partial charge in [-0.05, 0) is 80.0 Å². The van der Waals surface area contributed by atoms with E-state index >= 15 is 4.39 Å². The number of rotatable bonds is 14. The number of alkyl carbamates (subject to hydrolysis) is 1. The van der Waals surface area contributed by atoms with E-state index in [1.807, 2.05) is 0 Å². The molecule has 3 aromatic rings. The quantitative estimate of drug-likeness (QED) is 0.178. The number of halogens is 3. The third-order valence-electron chi connectivity index (χ3n) is 9.73. The van der Waals surface area contributed by atoms with Crippen LogP contribution in [0.1, 0.15) is 55.6 Å². The van der Waals surface area contributed by atoms with E-state index in [4.69, 9.17) is 21.1 Å². The Kier molecular flexibility index (Phi) is 13.8. The lowest BCUT2D eigenvalue weighted by molar-refractivity contribution is -0.118. The Hall–Kier alpha value is -3.62. The Labute approximate surface area is 303 Å². The molecule has 2 amide bonds. The highest BCUT2D eigenvalue weighted by Gasteiger charge is 2.35. The second-order valence-corrected chi connectivity index (χ2v) is 15.3. The molecule has 0 aromatic heterocycles. The summed E-state index contributed by atoms with van der Waals surface area (Å²) in [4.78, 5) is 27.0. The average Bonchev–Trinajstić information content (AvgIpc) is 3.14. The van der Waals surface area contributed by atoms with Gasteiger partial charge in [0.15, 0.2) is 0 Å². The van der Waals surface area contributed by atoms with Crippen molar-refractivity contribution in [3.05, 3.63) is 94.5 Å². The molecule has 3 atom stereocenters. The molecule has 0 bridgehead atoms. The number of nitrogens with zero attached hydrogens (tertiary/aromatic N) is 1. The van der Waals surface area contributed by atoms with Gasteiger partial charge in [-0.15, -0.1) is 0 Å². The van der Waals surface area contributed by atoms with Crippen LogP contribution in [0.15, 0.2) is 71.6 Å². The van der Waals surface area contributed by atoms with Crippen LogP contribution in [0.2, 0.25) is 5.02 Å². The van der Waals surface area contributed by atoms with Crippen LogP contribution in [0, 0.1) is 17.6 Å². The first-order chi connectivity index (χ1) is 24.6. The summed E-state index contributed by atoms with van der Waals surface area (Å²) in [5, 5.41) is 8.62. The number of methoxy groups -OCH3 is 1. The Bertz CT molecular complexity index is 1750. The Morgan fingerprint density at radius 1 is 1.04 bits per heavy atom. The van der Waals surface area contributed by atoms with E-state index in [1.54, 1.807) is 42.5 Å². The standard InChI is InChI=1S/C37H45ClF2N4O6S/c1-49-37(46)43-35(29(26-13-16-31(38)33(40)23-26)10-5-7-25-17-21-50-22-18-25)36(45)42-34-12-6-11-32(39)30(34)15-14-27-24-41-19-20-44(27)51(47,48)28-8-3-2-4-9-28/h2-4,6,8-9,11-13,16,23,25,27,29,35,41H,5,7,10,14-15,17-22,24H2,1H3,(H,42,45)(H,43,46)/t27-,29+,35-/m0/s1. The van der Waals surface area contributed by atoms with Crippen LogP contribution in [-0.2, 0) is 30.7 Å². The number of amides is 2. The summed E-state index contributed by atoms with van der Waals surface area (Å²) < 4.78 is 69.2. The summed E-state index contributed by atoms with van der Waals surface area (Å²) in [5.41, 5.74) is 0.837. The van der Waals surface area contributed by atoms with Crippen molar-refractivity contribution in [2.45, 2.75) is 67.8 Å². The number of nitrogens with one attached hydrogen (secondary N) is 3. The number of hydrogen-bond donors (Lipinski definition) is 3. The minimum absolute atomic E-state index is 0.0747. The Morgan fingerprint density at radius 3 is 2.53 bits per heavy atom. The molecular formula is C37H45ClF2N4O6S. The molecule has 2 saturated heterocycles. The molecule has 2 aliphatic rings. The van der Waals surface area contributed by atoms with Crippen LogP contribution in [0.5, 0.6) is 0 Å². The van der Waals surface area contributed by atoms with Gasteiger partial charge in [0.25, 0.3) is 0 Å². The molecule has 3 aromatic carbocycles. The highest BCUT2D eigenvalue weighted by Crippen LogP contribution is 2.33. The lowest BCUT2D eigenvalue weighted by atomic mass is 9.84. The predicted octanol–water partition coefficient (Wildman–Crippen LogP) is 6.26. The van der Waals surface area contributed by atoms with Gasteiger partial charge in [0.1, 0.15) is 17.7 Å². The van der Waals surface area contributed by atoms with Crippen molar-refractivity contribution < 1.29 is 36.3 Å². The lowest BCUT2D eigenvalue weighted by Crippen LogP contribution is -2.53. The zero-order valence-electron chi connectivity index (χ0n) is 28.6. The van der Waals surface area contributed by atoms with Gasteiger partial charge in [-0.1, -0.05) is 54.8 Å². The zero-order chi connectivity index (χ0) is 36.4. The number of ether oxygens (including phenoxy) is 2. The van der Waals surface area contributed by atoms with Crippen molar-refractivity contribution >= 4 is 39.3 Å². The maximum absolute atomic E-state index is 15.5. The summed E-state index contributed by atoms with van der Waals surface area (Å²) in [6.45, 7) is 2.50. The first kappa shape index (κ1) is 38.6. The van der Waals surface area contributed by atoms with Gasteiger partial charge in [-0.2, -0.15) is 4.31 Å². The molecule has 0 radical (unpaired) electrons. The van der Waals surface area contributed by atoms with Crippen molar-refractivity contribution in [2.24, 2.45) is 5.92 Å². The number of sulfonamides is 1. The minimum atomic E-state index is -3.80. The highest BCUT2D eigenvalue weighted by atomic mass is 35.5. The van der Waals surface area contributed by atoms with E-state index in [0.29, 0.717) is 50.6 Å². The fraction of sp³-hybridized carbons (Fsp3) is 0.459. The molecular weight excluding hydrogens is 702 g/mol. The van der Waals surface area contributed by atoms with Gasteiger partial charge in [0.05, 0.1) is 17.0 Å². The Morgan fingerprint density at radius 2 is 1.80 bits per heavy atom. The van der Waals surface area contributed by atoms with Crippen LogP contribution in [0.25, 0.3) is 0 Å². The van der Waals surface area contributed by atoms with Crippen LogP contribution < -0.4 is 16.0 Å². The van der Waals surface area contributed by atoms with E-state index in [9.17, 15) is 22.4 Å². The van der Waals surface area contributed by atoms with Crippen molar-refractivity contribution in [3.63, 3.8) is 0 Å². The van der Waals surface area contributed by atoms with Gasteiger partial charge in [0.2, 0.25) is 15.9 Å². The third kappa shape index (κ3) is 10.0. The molecule has 10 nitrogen and oxygen atoms in total. The second-order valence-electron chi connectivity index (χ2n) is 13.0. The number of carbonyl (C=O) groups is 2. The molecule has 51 heavy (non-hydrogen) atoms. The van der Waals surface area contributed by atoms with Gasteiger partial charge in [-0.3, -0.25) is 4.79 Å². The molecule has 0 unspecified atom stereocenters. The molecule has 276 valence electrons. The first-order valence-corrected chi connectivity index (χ1v) is 19.1. The SMILES string of the molecule is COC(=O)N[C@H](C(=O)Nc1cccc(F)c1CC[C@H]1CNCCN1S(=O)(=O)c1ccccc1)[C@H](CCCC1CCOCC1)c1ccc(Cl)c(F)c1.